The van der Waals surface area contributed by atoms with Gasteiger partial charge in [-0.3, -0.25) is 5.10 Å². The topological polar surface area (TPSA) is 86.9 Å². The molecular formula is C12H24N4O2S. The summed E-state index contributed by atoms with van der Waals surface area (Å²) in [7, 11) is -3.58. The summed E-state index contributed by atoms with van der Waals surface area (Å²) in [6, 6.07) is -0.131. The number of sulfonamides is 1. The number of aromatic nitrogens is 2. The van der Waals surface area contributed by atoms with Gasteiger partial charge in [-0.15, -0.1) is 0 Å². The Balaban J connectivity index is 3.01. The largest absolute Gasteiger partial charge is 0.313 e. The van der Waals surface area contributed by atoms with Gasteiger partial charge in [-0.05, 0) is 26.3 Å². The lowest BCUT2D eigenvalue weighted by Gasteiger charge is -2.17. The fraction of sp³-hybridized carbons (Fsp3) is 0.750. The molecule has 0 radical (unpaired) electrons. The molecule has 110 valence electrons. The molecule has 0 amide bonds. The van der Waals surface area contributed by atoms with Crippen LogP contribution in [-0.4, -0.2) is 31.2 Å². The maximum absolute atomic E-state index is 12.3. The molecule has 0 aliphatic rings. The second-order valence-corrected chi connectivity index (χ2v) is 6.70. The van der Waals surface area contributed by atoms with Crippen molar-refractivity contribution in [1.29, 1.82) is 0 Å². The van der Waals surface area contributed by atoms with Crippen molar-refractivity contribution < 1.29 is 8.42 Å². The summed E-state index contributed by atoms with van der Waals surface area (Å²) in [4.78, 5) is 0. The molecule has 0 aromatic carbocycles. The Kier molecular flexibility index (Phi) is 5.51. The average Bonchev–Trinajstić information content (AvgIpc) is 2.68. The van der Waals surface area contributed by atoms with Gasteiger partial charge >= 0.3 is 0 Å². The Labute approximate surface area is 115 Å². The van der Waals surface area contributed by atoms with Crippen LogP contribution in [0.3, 0.4) is 0 Å². The van der Waals surface area contributed by atoms with Crippen molar-refractivity contribution in [2.45, 2.75) is 52.2 Å². The van der Waals surface area contributed by atoms with Crippen molar-refractivity contribution in [3.63, 3.8) is 0 Å². The van der Waals surface area contributed by atoms with E-state index in [4.69, 9.17) is 0 Å². The molecule has 0 aliphatic heterocycles. The number of hydrogen-bond donors (Lipinski definition) is 3. The lowest BCUT2D eigenvalue weighted by Crippen LogP contribution is -2.36. The molecular weight excluding hydrogens is 264 g/mol. The quantitative estimate of drug-likeness (QED) is 0.702. The van der Waals surface area contributed by atoms with E-state index < -0.39 is 10.0 Å². The summed E-state index contributed by atoms with van der Waals surface area (Å²) in [5.41, 5.74) is 1.48. The third kappa shape index (κ3) is 4.02. The van der Waals surface area contributed by atoms with Gasteiger partial charge in [0.05, 0.1) is 0 Å². The zero-order valence-corrected chi connectivity index (χ0v) is 13.1. The van der Waals surface area contributed by atoms with E-state index in [0.29, 0.717) is 12.1 Å². The Hall–Kier alpha value is -0.920. The molecule has 0 bridgehead atoms. The van der Waals surface area contributed by atoms with Crippen molar-refractivity contribution in [3.8, 4) is 0 Å². The van der Waals surface area contributed by atoms with Crippen LogP contribution in [0.5, 0.6) is 0 Å². The van der Waals surface area contributed by atoms with Gasteiger partial charge in [0.1, 0.15) is 0 Å². The second kappa shape index (κ2) is 6.49. The standard InChI is InChI=1S/C12H24N4O2S/c1-6-13-7-11-10(5)14-15-12(11)19(17,18)16-9(4)8(2)3/h8-9,13,16H,6-7H2,1-5H3,(H,14,15). The molecule has 3 N–H and O–H groups in total. The lowest BCUT2D eigenvalue weighted by molar-refractivity contribution is 0.474. The fourth-order valence-electron chi connectivity index (χ4n) is 1.55. The summed E-state index contributed by atoms with van der Waals surface area (Å²) in [6.45, 7) is 10.9. The number of hydrogen-bond acceptors (Lipinski definition) is 4. The molecule has 1 unspecified atom stereocenters. The highest BCUT2D eigenvalue weighted by Gasteiger charge is 2.25. The minimum Gasteiger partial charge on any atom is -0.313 e. The molecule has 0 spiro atoms. The van der Waals surface area contributed by atoms with E-state index in [1.165, 1.54) is 0 Å². The monoisotopic (exact) mass is 288 g/mol. The summed E-state index contributed by atoms with van der Waals surface area (Å²) >= 11 is 0. The molecule has 0 saturated heterocycles. The molecule has 1 aromatic rings. The van der Waals surface area contributed by atoms with Gasteiger partial charge in [-0.2, -0.15) is 5.10 Å². The van der Waals surface area contributed by atoms with Gasteiger partial charge in [0.2, 0.25) is 0 Å². The van der Waals surface area contributed by atoms with Gasteiger partial charge in [0.25, 0.3) is 10.0 Å². The maximum Gasteiger partial charge on any atom is 0.260 e. The smallest absolute Gasteiger partial charge is 0.260 e. The Morgan fingerprint density at radius 2 is 1.95 bits per heavy atom. The van der Waals surface area contributed by atoms with Crippen molar-refractivity contribution in [3.05, 3.63) is 11.3 Å². The maximum atomic E-state index is 12.3. The number of aryl methyl sites for hydroxylation is 1. The first-order valence-corrected chi connectivity index (χ1v) is 8.04. The van der Waals surface area contributed by atoms with Gasteiger partial charge in [-0.25, -0.2) is 13.1 Å². The van der Waals surface area contributed by atoms with E-state index in [-0.39, 0.29) is 17.0 Å². The first-order chi connectivity index (χ1) is 8.79. The normalized spacial score (nSPS) is 14.0. The van der Waals surface area contributed by atoms with E-state index >= 15 is 0 Å². The third-order valence-electron chi connectivity index (χ3n) is 3.18. The van der Waals surface area contributed by atoms with Crippen LogP contribution in [0.2, 0.25) is 0 Å². The number of nitrogens with one attached hydrogen (secondary N) is 3. The van der Waals surface area contributed by atoms with Crippen LogP contribution in [0.25, 0.3) is 0 Å². The number of rotatable bonds is 7. The first-order valence-electron chi connectivity index (χ1n) is 6.56. The van der Waals surface area contributed by atoms with Crippen molar-refractivity contribution >= 4 is 10.0 Å². The molecule has 0 fully saturated rings. The summed E-state index contributed by atoms with van der Waals surface area (Å²) in [6.07, 6.45) is 0. The Morgan fingerprint density at radius 3 is 2.47 bits per heavy atom. The van der Waals surface area contributed by atoms with Crippen LogP contribution in [0, 0.1) is 12.8 Å². The van der Waals surface area contributed by atoms with E-state index in [0.717, 1.165) is 12.2 Å². The van der Waals surface area contributed by atoms with Crippen LogP contribution in [0.4, 0.5) is 0 Å². The summed E-state index contributed by atoms with van der Waals surface area (Å²) < 4.78 is 27.3. The van der Waals surface area contributed by atoms with Crippen LogP contribution in [0.1, 0.15) is 39.0 Å². The summed E-state index contributed by atoms with van der Waals surface area (Å²) in [5.74, 6) is 0.229. The highest BCUT2D eigenvalue weighted by Crippen LogP contribution is 2.17. The SMILES string of the molecule is CCNCc1c(S(=O)(=O)NC(C)C(C)C)n[nH]c1C. The van der Waals surface area contributed by atoms with Crippen molar-refractivity contribution in [2.24, 2.45) is 5.92 Å². The first kappa shape index (κ1) is 16.1. The van der Waals surface area contributed by atoms with Crippen LogP contribution < -0.4 is 10.0 Å². The predicted molar refractivity (Wildman–Crippen MR) is 75.3 cm³/mol. The Bertz CT molecular complexity index is 508. The van der Waals surface area contributed by atoms with E-state index in [2.05, 4.69) is 20.2 Å². The molecule has 1 heterocycles. The van der Waals surface area contributed by atoms with Crippen LogP contribution in [-0.2, 0) is 16.6 Å². The van der Waals surface area contributed by atoms with E-state index in [1.54, 1.807) is 0 Å². The molecule has 1 aromatic heterocycles. The molecule has 1 atom stereocenters. The number of nitrogens with zero attached hydrogens (tertiary/aromatic N) is 1. The lowest BCUT2D eigenvalue weighted by atomic mass is 10.1. The zero-order chi connectivity index (χ0) is 14.6. The van der Waals surface area contributed by atoms with E-state index in [9.17, 15) is 8.42 Å². The minimum atomic E-state index is -3.58. The van der Waals surface area contributed by atoms with E-state index in [1.807, 2.05) is 34.6 Å². The van der Waals surface area contributed by atoms with Crippen LogP contribution >= 0.6 is 0 Å². The Morgan fingerprint density at radius 1 is 1.32 bits per heavy atom. The fourth-order valence-corrected chi connectivity index (χ4v) is 3.14. The second-order valence-electron chi connectivity index (χ2n) is 5.07. The predicted octanol–water partition coefficient (Wildman–Crippen LogP) is 1.15. The summed E-state index contributed by atoms with van der Waals surface area (Å²) in [5, 5.41) is 9.91. The zero-order valence-electron chi connectivity index (χ0n) is 12.2. The third-order valence-corrected chi connectivity index (χ3v) is 4.71. The van der Waals surface area contributed by atoms with Gasteiger partial charge in [0.15, 0.2) is 5.03 Å². The molecule has 1 rings (SSSR count). The van der Waals surface area contributed by atoms with Crippen LogP contribution in [0.15, 0.2) is 5.03 Å². The molecule has 7 heteroatoms. The molecule has 6 nitrogen and oxygen atoms in total. The molecule has 0 aliphatic carbocycles. The van der Waals surface area contributed by atoms with Crippen molar-refractivity contribution in [2.75, 3.05) is 6.54 Å². The molecule has 0 saturated carbocycles. The minimum absolute atomic E-state index is 0.0958. The number of H-pyrrole nitrogens is 1. The highest BCUT2D eigenvalue weighted by atomic mass is 32.2. The highest BCUT2D eigenvalue weighted by molar-refractivity contribution is 7.89. The molecule has 19 heavy (non-hydrogen) atoms. The van der Waals surface area contributed by atoms with Gasteiger partial charge < -0.3 is 5.32 Å². The van der Waals surface area contributed by atoms with Gasteiger partial charge in [-0.1, -0.05) is 20.8 Å². The van der Waals surface area contributed by atoms with Crippen molar-refractivity contribution in [1.82, 2.24) is 20.2 Å². The van der Waals surface area contributed by atoms with Gasteiger partial charge in [0, 0.05) is 23.8 Å². The number of aromatic amines is 1. The average molecular weight is 288 g/mol.